The summed E-state index contributed by atoms with van der Waals surface area (Å²) in [4.78, 5) is 0. The van der Waals surface area contributed by atoms with Gasteiger partial charge in [-0.2, -0.15) is 0 Å². The van der Waals surface area contributed by atoms with Crippen molar-refractivity contribution in [2.45, 2.75) is 52.5 Å². The Morgan fingerprint density at radius 1 is 1.32 bits per heavy atom. The summed E-state index contributed by atoms with van der Waals surface area (Å²) < 4.78 is 13.6. The first kappa shape index (κ1) is 14.5. The molecule has 19 heavy (non-hydrogen) atoms. The Labute approximate surface area is 116 Å². The highest BCUT2D eigenvalue weighted by Gasteiger charge is 2.18. The number of hydrogen-bond donors (Lipinski definition) is 1. The summed E-state index contributed by atoms with van der Waals surface area (Å²) in [5.41, 5.74) is 1.91. The van der Waals surface area contributed by atoms with Gasteiger partial charge >= 0.3 is 0 Å². The van der Waals surface area contributed by atoms with E-state index in [4.69, 9.17) is 0 Å². The molecule has 1 nitrogen and oxygen atoms in total. The minimum atomic E-state index is -0.0932. The first-order chi connectivity index (χ1) is 9.15. The van der Waals surface area contributed by atoms with E-state index < -0.39 is 0 Å². The van der Waals surface area contributed by atoms with Gasteiger partial charge in [-0.05, 0) is 44.2 Å². The Kier molecular flexibility index (Phi) is 5.38. The smallest absolute Gasteiger partial charge is 0.127 e. The number of nitrogens with one attached hydrogen (secondary N) is 1. The minimum absolute atomic E-state index is 0.0932. The van der Waals surface area contributed by atoms with Crippen LogP contribution in [0.25, 0.3) is 0 Å². The van der Waals surface area contributed by atoms with Crippen LogP contribution in [0.3, 0.4) is 0 Å². The van der Waals surface area contributed by atoms with E-state index in [9.17, 15) is 4.39 Å². The number of hydrogen-bond acceptors (Lipinski definition) is 1. The van der Waals surface area contributed by atoms with E-state index in [0.29, 0.717) is 6.54 Å². The quantitative estimate of drug-likeness (QED) is 0.774. The third-order valence-electron chi connectivity index (χ3n) is 4.29. The molecule has 0 aromatic heterocycles. The summed E-state index contributed by atoms with van der Waals surface area (Å²) >= 11 is 0. The fourth-order valence-corrected chi connectivity index (χ4v) is 3.19. The molecule has 1 aliphatic rings. The van der Waals surface area contributed by atoms with Crippen LogP contribution in [0.4, 0.5) is 4.39 Å². The Morgan fingerprint density at radius 2 is 2.16 bits per heavy atom. The lowest BCUT2D eigenvalue weighted by molar-refractivity contribution is 0.267. The second-order valence-corrected chi connectivity index (χ2v) is 6.20. The zero-order chi connectivity index (χ0) is 13.7. The second-order valence-electron chi connectivity index (χ2n) is 6.20. The summed E-state index contributed by atoms with van der Waals surface area (Å²) in [5.74, 6) is 1.68. The molecule has 1 fully saturated rings. The Balaban J connectivity index is 1.70. The van der Waals surface area contributed by atoms with Gasteiger partial charge in [-0.3, -0.25) is 0 Å². The van der Waals surface area contributed by atoms with Crippen molar-refractivity contribution in [2.24, 2.45) is 11.8 Å². The number of rotatable bonds is 5. The summed E-state index contributed by atoms with van der Waals surface area (Å²) in [7, 11) is 0. The van der Waals surface area contributed by atoms with E-state index in [1.54, 1.807) is 6.07 Å². The van der Waals surface area contributed by atoms with Gasteiger partial charge in [-0.15, -0.1) is 0 Å². The zero-order valence-corrected chi connectivity index (χ0v) is 12.2. The molecule has 0 amide bonds. The maximum atomic E-state index is 13.6. The van der Waals surface area contributed by atoms with Gasteiger partial charge in [0, 0.05) is 12.1 Å². The molecule has 1 N–H and O–H groups in total. The topological polar surface area (TPSA) is 12.0 Å². The molecule has 1 aromatic rings. The third-order valence-corrected chi connectivity index (χ3v) is 4.29. The molecule has 1 saturated carbocycles. The lowest BCUT2D eigenvalue weighted by Crippen LogP contribution is -2.21. The van der Waals surface area contributed by atoms with Crippen LogP contribution >= 0.6 is 0 Å². The van der Waals surface area contributed by atoms with Crippen LogP contribution in [0.1, 0.15) is 50.2 Å². The maximum Gasteiger partial charge on any atom is 0.127 e. The minimum Gasteiger partial charge on any atom is -0.313 e. The van der Waals surface area contributed by atoms with E-state index in [1.165, 1.54) is 32.1 Å². The summed E-state index contributed by atoms with van der Waals surface area (Å²) in [6.07, 6.45) is 6.78. The highest BCUT2D eigenvalue weighted by Crippen LogP contribution is 2.30. The Hall–Kier alpha value is -0.890. The molecule has 1 aromatic carbocycles. The van der Waals surface area contributed by atoms with Gasteiger partial charge in [0.1, 0.15) is 5.82 Å². The van der Waals surface area contributed by atoms with Crippen LogP contribution in [0.2, 0.25) is 0 Å². The molecule has 2 rings (SSSR count). The number of aryl methyl sites for hydroxylation is 1. The van der Waals surface area contributed by atoms with Gasteiger partial charge < -0.3 is 5.32 Å². The molecule has 0 bridgehead atoms. The highest BCUT2D eigenvalue weighted by molar-refractivity contribution is 5.23. The van der Waals surface area contributed by atoms with E-state index in [1.807, 2.05) is 19.1 Å². The fourth-order valence-electron chi connectivity index (χ4n) is 3.19. The van der Waals surface area contributed by atoms with Crippen molar-refractivity contribution in [3.63, 3.8) is 0 Å². The molecular formula is C17H26FN. The largest absolute Gasteiger partial charge is 0.313 e. The molecule has 2 atom stereocenters. The van der Waals surface area contributed by atoms with Crippen molar-refractivity contribution in [3.05, 3.63) is 35.1 Å². The summed E-state index contributed by atoms with van der Waals surface area (Å²) in [5, 5.41) is 3.39. The van der Waals surface area contributed by atoms with Crippen molar-refractivity contribution in [3.8, 4) is 0 Å². The van der Waals surface area contributed by atoms with Crippen molar-refractivity contribution < 1.29 is 4.39 Å². The number of halogens is 1. The molecule has 2 heteroatoms. The third kappa shape index (κ3) is 4.61. The van der Waals surface area contributed by atoms with Gasteiger partial charge in [0.25, 0.3) is 0 Å². The number of benzene rings is 1. The fraction of sp³-hybridized carbons (Fsp3) is 0.647. The van der Waals surface area contributed by atoms with Crippen LogP contribution in [0.5, 0.6) is 0 Å². The molecule has 1 aliphatic carbocycles. The molecule has 0 heterocycles. The molecule has 106 valence electrons. The highest BCUT2D eigenvalue weighted by atomic mass is 19.1. The molecular weight excluding hydrogens is 237 g/mol. The maximum absolute atomic E-state index is 13.6. The predicted octanol–water partition coefficient (Wildman–Crippen LogP) is 4.44. The standard InChI is InChI=1S/C17H26FN/c1-13-4-3-5-15(10-13)8-9-19-12-16-11-14(2)6-7-17(16)18/h6-7,11,13,15,19H,3-5,8-10,12H2,1-2H3. The van der Waals surface area contributed by atoms with Gasteiger partial charge in [0.2, 0.25) is 0 Å². The van der Waals surface area contributed by atoms with Gasteiger partial charge in [-0.1, -0.05) is 43.9 Å². The van der Waals surface area contributed by atoms with Crippen LogP contribution in [0, 0.1) is 24.6 Å². The van der Waals surface area contributed by atoms with Crippen LogP contribution in [-0.4, -0.2) is 6.54 Å². The van der Waals surface area contributed by atoms with E-state index in [2.05, 4.69) is 12.2 Å². The van der Waals surface area contributed by atoms with Crippen molar-refractivity contribution >= 4 is 0 Å². The summed E-state index contributed by atoms with van der Waals surface area (Å²) in [6.45, 7) is 6.02. The summed E-state index contributed by atoms with van der Waals surface area (Å²) in [6, 6.07) is 5.32. The monoisotopic (exact) mass is 263 g/mol. The van der Waals surface area contributed by atoms with Crippen molar-refractivity contribution in [2.75, 3.05) is 6.54 Å². The molecule has 0 radical (unpaired) electrons. The normalized spacial score (nSPS) is 23.5. The Morgan fingerprint density at radius 3 is 2.95 bits per heavy atom. The van der Waals surface area contributed by atoms with Gasteiger partial charge in [-0.25, -0.2) is 4.39 Å². The predicted molar refractivity (Wildman–Crippen MR) is 78.6 cm³/mol. The first-order valence-corrected chi connectivity index (χ1v) is 7.61. The second kappa shape index (κ2) is 7.04. The van der Waals surface area contributed by atoms with Crippen molar-refractivity contribution in [1.82, 2.24) is 5.32 Å². The molecule has 0 saturated heterocycles. The van der Waals surface area contributed by atoms with E-state index >= 15 is 0 Å². The van der Waals surface area contributed by atoms with Crippen LogP contribution < -0.4 is 5.32 Å². The first-order valence-electron chi connectivity index (χ1n) is 7.61. The molecule has 0 aliphatic heterocycles. The zero-order valence-electron chi connectivity index (χ0n) is 12.2. The average molecular weight is 263 g/mol. The lowest BCUT2D eigenvalue weighted by atomic mass is 9.81. The molecule has 0 spiro atoms. The Bertz CT molecular complexity index is 402. The van der Waals surface area contributed by atoms with Gasteiger partial charge in [0.15, 0.2) is 0 Å². The van der Waals surface area contributed by atoms with Crippen LogP contribution in [-0.2, 0) is 6.54 Å². The SMILES string of the molecule is Cc1ccc(F)c(CNCCC2CCCC(C)C2)c1. The van der Waals surface area contributed by atoms with Crippen molar-refractivity contribution in [1.29, 1.82) is 0 Å². The average Bonchev–Trinajstić information content (AvgIpc) is 2.39. The van der Waals surface area contributed by atoms with E-state index in [-0.39, 0.29) is 5.82 Å². The van der Waals surface area contributed by atoms with Crippen LogP contribution in [0.15, 0.2) is 18.2 Å². The van der Waals surface area contributed by atoms with E-state index in [0.717, 1.165) is 29.5 Å². The van der Waals surface area contributed by atoms with Gasteiger partial charge in [0.05, 0.1) is 0 Å². The lowest BCUT2D eigenvalue weighted by Gasteiger charge is -2.26. The molecule has 2 unspecified atom stereocenters.